The van der Waals surface area contributed by atoms with Crippen molar-refractivity contribution in [3.8, 4) is 11.5 Å². The number of nitrogens with one attached hydrogen (secondary N) is 1. The van der Waals surface area contributed by atoms with Gasteiger partial charge in [-0.2, -0.15) is 5.10 Å². The minimum Gasteiger partial charge on any atom is -0.497 e. The minimum atomic E-state index is -0.445. The van der Waals surface area contributed by atoms with Crippen molar-refractivity contribution in [2.24, 2.45) is 11.0 Å². The first-order valence-electron chi connectivity index (χ1n) is 9.35. The van der Waals surface area contributed by atoms with Gasteiger partial charge in [0.1, 0.15) is 11.5 Å². The monoisotopic (exact) mass is 395 g/mol. The Hall–Kier alpha value is -3.35. The first-order chi connectivity index (χ1) is 13.9. The standard InChI is InChI=1S/C22H25N3O4/c1-14-5-7-18(9-15(14)2)25-13-17(10-21(25)26)22(27)24-23-12-16-6-8-19(28-3)11-20(16)29-4/h5-9,11-12,17H,10,13H2,1-4H3,(H,24,27)/b23-12-/t17-/m0/s1. The maximum absolute atomic E-state index is 12.5. The Balaban J connectivity index is 1.64. The number of carbonyl (C=O) groups excluding carboxylic acids is 2. The van der Waals surface area contributed by atoms with E-state index in [-0.39, 0.29) is 18.2 Å². The highest BCUT2D eigenvalue weighted by molar-refractivity contribution is 6.00. The molecule has 0 radical (unpaired) electrons. The Kier molecular flexibility index (Phi) is 6.16. The van der Waals surface area contributed by atoms with Crippen LogP contribution in [-0.2, 0) is 9.59 Å². The molecule has 2 amide bonds. The molecule has 1 heterocycles. The third kappa shape index (κ3) is 4.56. The molecule has 2 aromatic carbocycles. The van der Waals surface area contributed by atoms with E-state index in [0.29, 0.717) is 23.6 Å². The summed E-state index contributed by atoms with van der Waals surface area (Å²) >= 11 is 0. The van der Waals surface area contributed by atoms with Gasteiger partial charge in [-0.15, -0.1) is 0 Å². The highest BCUT2D eigenvalue weighted by Crippen LogP contribution is 2.27. The normalized spacial score (nSPS) is 16.3. The van der Waals surface area contributed by atoms with Gasteiger partial charge in [-0.3, -0.25) is 9.59 Å². The minimum absolute atomic E-state index is 0.0609. The number of rotatable bonds is 6. The van der Waals surface area contributed by atoms with Crippen LogP contribution in [0.3, 0.4) is 0 Å². The fraction of sp³-hybridized carbons (Fsp3) is 0.318. The zero-order chi connectivity index (χ0) is 21.0. The molecule has 0 spiro atoms. The van der Waals surface area contributed by atoms with Crippen LogP contribution < -0.4 is 19.8 Å². The van der Waals surface area contributed by atoms with Gasteiger partial charge < -0.3 is 14.4 Å². The zero-order valence-corrected chi connectivity index (χ0v) is 17.1. The van der Waals surface area contributed by atoms with Crippen LogP contribution in [-0.4, -0.2) is 38.8 Å². The molecular formula is C22H25N3O4. The highest BCUT2D eigenvalue weighted by atomic mass is 16.5. The summed E-state index contributed by atoms with van der Waals surface area (Å²) in [5, 5.41) is 4.02. The second-order valence-corrected chi connectivity index (χ2v) is 7.02. The van der Waals surface area contributed by atoms with E-state index in [1.807, 2.05) is 32.0 Å². The van der Waals surface area contributed by atoms with Crippen molar-refractivity contribution >= 4 is 23.7 Å². The SMILES string of the molecule is COc1ccc(/C=N\NC(=O)[C@H]2CC(=O)N(c3ccc(C)c(C)c3)C2)c(OC)c1. The summed E-state index contributed by atoms with van der Waals surface area (Å²) in [4.78, 5) is 26.5. The maximum Gasteiger partial charge on any atom is 0.245 e. The number of amides is 2. The molecule has 3 rings (SSSR count). The topological polar surface area (TPSA) is 80.2 Å². The lowest BCUT2D eigenvalue weighted by atomic mass is 10.1. The lowest BCUT2D eigenvalue weighted by Crippen LogP contribution is -2.30. The molecule has 0 saturated carbocycles. The van der Waals surface area contributed by atoms with Crippen LogP contribution in [0.5, 0.6) is 11.5 Å². The van der Waals surface area contributed by atoms with Gasteiger partial charge in [-0.25, -0.2) is 5.43 Å². The second kappa shape index (κ2) is 8.77. The smallest absolute Gasteiger partial charge is 0.245 e. The number of methoxy groups -OCH3 is 2. The fourth-order valence-corrected chi connectivity index (χ4v) is 3.21. The molecule has 1 fully saturated rings. The first-order valence-corrected chi connectivity index (χ1v) is 9.35. The molecule has 1 saturated heterocycles. The van der Waals surface area contributed by atoms with E-state index in [1.54, 1.807) is 37.3 Å². The Morgan fingerprint density at radius 3 is 2.62 bits per heavy atom. The van der Waals surface area contributed by atoms with Gasteiger partial charge in [0.15, 0.2) is 0 Å². The van der Waals surface area contributed by atoms with Gasteiger partial charge in [0.05, 0.1) is 26.4 Å². The van der Waals surface area contributed by atoms with Crippen molar-refractivity contribution in [1.82, 2.24) is 5.43 Å². The molecule has 1 atom stereocenters. The summed E-state index contributed by atoms with van der Waals surface area (Å²) < 4.78 is 10.5. The number of carbonyl (C=O) groups is 2. The van der Waals surface area contributed by atoms with Crippen LogP contribution in [0.2, 0.25) is 0 Å². The molecule has 1 N–H and O–H groups in total. The highest BCUT2D eigenvalue weighted by Gasteiger charge is 2.35. The van der Waals surface area contributed by atoms with Crippen LogP contribution >= 0.6 is 0 Å². The molecule has 7 nitrogen and oxygen atoms in total. The predicted molar refractivity (Wildman–Crippen MR) is 112 cm³/mol. The average Bonchev–Trinajstić information content (AvgIpc) is 3.12. The summed E-state index contributed by atoms with van der Waals surface area (Å²) in [6.45, 7) is 4.37. The molecule has 0 unspecified atom stereocenters. The molecule has 0 bridgehead atoms. The summed E-state index contributed by atoms with van der Waals surface area (Å²) in [5.41, 5.74) is 6.33. The van der Waals surface area contributed by atoms with Crippen LogP contribution in [0.25, 0.3) is 0 Å². The third-order valence-electron chi connectivity index (χ3n) is 5.12. The number of anilines is 1. The quantitative estimate of drug-likeness (QED) is 0.602. The average molecular weight is 395 g/mol. The van der Waals surface area contributed by atoms with E-state index >= 15 is 0 Å². The van der Waals surface area contributed by atoms with E-state index in [9.17, 15) is 9.59 Å². The Labute approximate surface area is 170 Å². The summed E-state index contributed by atoms with van der Waals surface area (Å²) in [5.74, 6) is 0.458. The maximum atomic E-state index is 12.5. The van der Waals surface area contributed by atoms with Crippen LogP contribution in [0.15, 0.2) is 41.5 Å². The van der Waals surface area contributed by atoms with Crippen LogP contribution in [0.1, 0.15) is 23.1 Å². The number of ether oxygens (including phenoxy) is 2. The summed E-state index contributed by atoms with van der Waals surface area (Å²) in [6.07, 6.45) is 1.67. The van der Waals surface area contributed by atoms with Crippen LogP contribution in [0, 0.1) is 19.8 Å². The Morgan fingerprint density at radius 2 is 1.93 bits per heavy atom. The molecule has 1 aliphatic heterocycles. The molecule has 152 valence electrons. The zero-order valence-electron chi connectivity index (χ0n) is 17.1. The number of hydrazone groups is 1. The summed E-state index contributed by atoms with van der Waals surface area (Å²) in [6, 6.07) is 11.2. The van der Waals surface area contributed by atoms with Gasteiger partial charge in [-0.1, -0.05) is 6.07 Å². The number of benzene rings is 2. The van der Waals surface area contributed by atoms with Gasteiger partial charge in [0.2, 0.25) is 11.8 Å². The van der Waals surface area contributed by atoms with E-state index in [2.05, 4.69) is 10.5 Å². The molecule has 0 aliphatic carbocycles. The number of nitrogens with zero attached hydrogens (tertiary/aromatic N) is 2. The van der Waals surface area contributed by atoms with E-state index in [0.717, 1.165) is 16.8 Å². The van der Waals surface area contributed by atoms with Crippen molar-refractivity contribution in [2.75, 3.05) is 25.7 Å². The van der Waals surface area contributed by atoms with Crippen molar-refractivity contribution in [1.29, 1.82) is 0 Å². The Morgan fingerprint density at radius 1 is 1.14 bits per heavy atom. The van der Waals surface area contributed by atoms with Crippen molar-refractivity contribution < 1.29 is 19.1 Å². The first kappa shape index (κ1) is 20.4. The van der Waals surface area contributed by atoms with Gasteiger partial charge >= 0.3 is 0 Å². The van der Waals surface area contributed by atoms with Crippen molar-refractivity contribution in [3.05, 3.63) is 53.1 Å². The lowest BCUT2D eigenvalue weighted by molar-refractivity contribution is -0.126. The van der Waals surface area contributed by atoms with Crippen LogP contribution in [0.4, 0.5) is 5.69 Å². The molecule has 2 aromatic rings. The van der Waals surface area contributed by atoms with E-state index in [4.69, 9.17) is 9.47 Å². The molecule has 7 heteroatoms. The number of hydrogen-bond donors (Lipinski definition) is 1. The fourth-order valence-electron chi connectivity index (χ4n) is 3.21. The third-order valence-corrected chi connectivity index (χ3v) is 5.12. The predicted octanol–water partition coefficient (Wildman–Crippen LogP) is 2.82. The molecule has 0 aromatic heterocycles. The van der Waals surface area contributed by atoms with E-state index < -0.39 is 5.92 Å². The van der Waals surface area contributed by atoms with Gasteiger partial charge in [0, 0.05) is 30.3 Å². The van der Waals surface area contributed by atoms with Crippen molar-refractivity contribution in [3.63, 3.8) is 0 Å². The molecule has 29 heavy (non-hydrogen) atoms. The van der Waals surface area contributed by atoms with Crippen molar-refractivity contribution in [2.45, 2.75) is 20.3 Å². The number of aryl methyl sites for hydroxylation is 2. The lowest BCUT2D eigenvalue weighted by Gasteiger charge is -2.17. The summed E-state index contributed by atoms with van der Waals surface area (Å²) in [7, 11) is 3.13. The van der Waals surface area contributed by atoms with Gasteiger partial charge in [-0.05, 0) is 49.2 Å². The van der Waals surface area contributed by atoms with E-state index in [1.165, 1.54) is 6.21 Å². The largest absolute Gasteiger partial charge is 0.497 e. The second-order valence-electron chi connectivity index (χ2n) is 7.02. The molecule has 1 aliphatic rings. The molecular weight excluding hydrogens is 370 g/mol. The Bertz CT molecular complexity index is 955. The number of hydrogen-bond acceptors (Lipinski definition) is 5. The van der Waals surface area contributed by atoms with Gasteiger partial charge in [0.25, 0.3) is 0 Å².